The molecule has 0 amide bonds. The largest absolute Gasteiger partial charge is 0.493 e. The van der Waals surface area contributed by atoms with Crippen LogP contribution in [0.4, 0.5) is 0 Å². The summed E-state index contributed by atoms with van der Waals surface area (Å²) in [6, 6.07) is 7.35. The fourth-order valence-corrected chi connectivity index (χ4v) is 3.41. The van der Waals surface area contributed by atoms with Crippen LogP contribution in [0, 0.1) is 0 Å². The average molecular weight is 308 g/mol. The Labute approximate surface area is 123 Å². The van der Waals surface area contributed by atoms with Crippen molar-refractivity contribution in [3.63, 3.8) is 0 Å². The Hall–Kier alpha value is -1.98. The minimum atomic E-state index is -4.18. The molecule has 112 valence electrons. The lowest BCUT2D eigenvalue weighted by Crippen LogP contribution is -2.32. The van der Waals surface area contributed by atoms with Gasteiger partial charge >= 0.3 is 11.0 Å². The minimum Gasteiger partial charge on any atom is -0.453 e. The van der Waals surface area contributed by atoms with Gasteiger partial charge in [-0.2, -0.15) is 0 Å². The van der Waals surface area contributed by atoms with E-state index in [1.807, 2.05) is 0 Å². The first-order valence-electron chi connectivity index (χ1n) is 6.79. The molecule has 0 bridgehead atoms. The van der Waals surface area contributed by atoms with Gasteiger partial charge in [-0.15, -0.1) is 4.79 Å². The highest BCUT2D eigenvalue weighted by molar-refractivity contribution is 8.08. The lowest BCUT2D eigenvalue weighted by atomic mass is 9.98. The molecule has 2 rings (SSSR count). The van der Waals surface area contributed by atoms with Gasteiger partial charge in [-0.05, 0) is 37.8 Å². The summed E-state index contributed by atoms with van der Waals surface area (Å²) in [7, 11) is -4.18. The first-order chi connectivity index (χ1) is 10.1. The molecule has 1 aromatic carbocycles. The summed E-state index contributed by atoms with van der Waals surface area (Å²) in [4.78, 5) is 14.5. The number of carbonyl (C=O) groups is 1. The van der Waals surface area contributed by atoms with Crippen LogP contribution in [0.15, 0.2) is 35.2 Å². The molecule has 0 spiro atoms. The Morgan fingerprint density at radius 3 is 2.33 bits per heavy atom. The van der Waals surface area contributed by atoms with E-state index in [9.17, 15) is 13.2 Å². The number of esters is 1. The number of carbonyl (C=O) groups excluding carboxylic acids is 1. The van der Waals surface area contributed by atoms with Crippen LogP contribution >= 0.6 is 0 Å². The SMILES string of the molecule is [N-]=[N+]=C(C(=O)OC1CCCCC1)S(=O)(=O)c1ccccc1. The molecule has 0 saturated heterocycles. The van der Waals surface area contributed by atoms with E-state index < -0.39 is 20.9 Å². The predicted molar refractivity (Wildman–Crippen MR) is 75.2 cm³/mol. The van der Waals surface area contributed by atoms with E-state index in [1.54, 1.807) is 6.07 Å². The van der Waals surface area contributed by atoms with Crippen molar-refractivity contribution >= 4 is 20.9 Å². The lowest BCUT2D eigenvalue weighted by molar-refractivity contribution is -0.145. The molecule has 1 saturated carbocycles. The molecule has 0 N–H and O–H groups in total. The van der Waals surface area contributed by atoms with Crippen LogP contribution in [0.25, 0.3) is 5.53 Å². The highest BCUT2D eigenvalue weighted by atomic mass is 32.2. The van der Waals surface area contributed by atoms with Gasteiger partial charge in [0.15, 0.2) is 0 Å². The van der Waals surface area contributed by atoms with E-state index in [0.717, 1.165) is 19.3 Å². The van der Waals surface area contributed by atoms with E-state index in [2.05, 4.69) is 4.79 Å². The van der Waals surface area contributed by atoms with Crippen molar-refractivity contribution in [2.24, 2.45) is 0 Å². The number of hydrogen-bond donors (Lipinski definition) is 0. The molecule has 21 heavy (non-hydrogen) atoms. The second kappa shape index (κ2) is 6.65. The summed E-state index contributed by atoms with van der Waals surface area (Å²) in [5.41, 5.74) is 8.93. The van der Waals surface area contributed by atoms with Crippen LogP contribution in [-0.2, 0) is 19.4 Å². The molecule has 0 aliphatic heterocycles. The topological polar surface area (TPSA) is 96.8 Å². The zero-order valence-corrected chi connectivity index (χ0v) is 12.3. The molecule has 0 atom stereocenters. The lowest BCUT2D eigenvalue weighted by Gasteiger charge is -2.20. The standard InChI is InChI=1S/C14H16N2O4S/c15-16-13(14(17)20-11-7-3-1-4-8-11)21(18,19)12-9-5-2-6-10-12/h2,5-6,9-11H,1,3-4,7-8H2. The third-order valence-electron chi connectivity index (χ3n) is 3.40. The maximum Gasteiger partial charge on any atom is 0.493 e. The summed E-state index contributed by atoms with van der Waals surface area (Å²) >= 11 is 0. The van der Waals surface area contributed by atoms with Gasteiger partial charge in [-0.1, -0.05) is 24.6 Å². The zero-order valence-electron chi connectivity index (χ0n) is 11.4. The second-order valence-corrected chi connectivity index (χ2v) is 6.75. The summed E-state index contributed by atoms with van der Waals surface area (Å²) < 4.78 is 29.7. The number of sulfone groups is 1. The molecule has 1 aliphatic carbocycles. The monoisotopic (exact) mass is 308 g/mol. The maximum atomic E-state index is 12.3. The number of rotatable bonds is 2. The van der Waals surface area contributed by atoms with Crippen LogP contribution in [0.5, 0.6) is 0 Å². The minimum absolute atomic E-state index is 0.113. The van der Waals surface area contributed by atoms with Crippen molar-refractivity contribution in [1.82, 2.24) is 0 Å². The number of ether oxygens (including phenoxy) is 1. The summed E-state index contributed by atoms with van der Waals surface area (Å²) in [6.07, 6.45) is 4.06. The Bertz CT molecular complexity index is 657. The van der Waals surface area contributed by atoms with Gasteiger partial charge < -0.3 is 10.3 Å². The zero-order chi connectivity index (χ0) is 15.3. The summed E-state index contributed by atoms with van der Waals surface area (Å²) in [5.74, 6) is -1.10. The van der Waals surface area contributed by atoms with E-state index in [0.29, 0.717) is 12.8 Å². The first kappa shape index (κ1) is 15.4. The highest BCUT2D eigenvalue weighted by Gasteiger charge is 2.40. The molecule has 0 heterocycles. The van der Waals surface area contributed by atoms with Gasteiger partial charge in [0.05, 0.1) is 4.90 Å². The van der Waals surface area contributed by atoms with E-state index >= 15 is 0 Å². The van der Waals surface area contributed by atoms with E-state index in [4.69, 9.17) is 10.3 Å². The highest BCUT2D eigenvalue weighted by Crippen LogP contribution is 2.21. The summed E-state index contributed by atoms with van der Waals surface area (Å²) in [5, 5.41) is -0.973. The first-order valence-corrected chi connectivity index (χ1v) is 8.27. The van der Waals surface area contributed by atoms with Crippen molar-refractivity contribution in [1.29, 1.82) is 0 Å². The van der Waals surface area contributed by atoms with Crippen LogP contribution in [-0.4, -0.2) is 30.3 Å². The van der Waals surface area contributed by atoms with Gasteiger partial charge in [-0.3, -0.25) is 0 Å². The molecular formula is C14H16N2O4S. The van der Waals surface area contributed by atoms with Gasteiger partial charge in [0, 0.05) is 0 Å². The number of hydrogen-bond acceptors (Lipinski definition) is 4. The molecule has 1 fully saturated rings. The molecule has 1 aromatic rings. The Morgan fingerprint density at radius 1 is 1.14 bits per heavy atom. The third kappa shape index (κ3) is 3.56. The van der Waals surface area contributed by atoms with Crippen LogP contribution in [0.1, 0.15) is 32.1 Å². The summed E-state index contributed by atoms with van der Waals surface area (Å²) in [6.45, 7) is 0. The van der Waals surface area contributed by atoms with Crippen molar-refractivity contribution in [2.45, 2.75) is 43.1 Å². The molecule has 7 heteroatoms. The molecule has 0 aromatic heterocycles. The van der Waals surface area contributed by atoms with Gasteiger partial charge in [0.1, 0.15) is 6.10 Å². The smallest absolute Gasteiger partial charge is 0.453 e. The second-order valence-electron chi connectivity index (χ2n) is 4.89. The Kier molecular flexibility index (Phi) is 4.88. The van der Waals surface area contributed by atoms with Crippen molar-refractivity contribution in [2.75, 3.05) is 0 Å². The van der Waals surface area contributed by atoms with Crippen molar-refractivity contribution in [3.05, 3.63) is 35.9 Å². The quantitative estimate of drug-likeness (QED) is 0.274. The van der Waals surface area contributed by atoms with Gasteiger partial charge in [0.2, 0.25) is 0 Å². The maximum absolute atomic E-state index is 12.3. The van der Waals surface area contributed by atoms with Gasteiger partial charge in [0.25, 0.3) is 9.84 Å². The van der Waals surface area contributed by atoms with Crippen LogP contribution in [0.2, 0.25) is 0 Å². The van der Waals surface area contributed by atoms with E-state index in [-0.39, 0.29) is 11.0 Å². The molecule has 0 unspecified atom stereocenters. The van der Waals surface area contributed by atoms with E-state index in [1.165, 1.54) is 24.3 Å². The van der Waals surface area contributed by atoms with Crippen molar-refractivity contribution in [3.8, 4) is 0 Å². The predicted octanol–water partition coefficient (Wildman–Crippen LogP) is 1.96. The molecule has 6 nitrogen and oxygen atoms in total. The fourth-order valence-electron chi connectivity index (χ4n) is 2.30. The molecular weight excluding hydrogens is 292 g/mol. The number of nitrogens with zero attached hydrogens (tertiary/aromatic N) is 2. The van der Waals surface area contributed by atoms with Crippen LogP contribution < -0.4 is 0 Å². The van der Waals surface area contributed by atoms with Crippen LogP contribution in [0.3, 0.4) is 0 Å². The third-order valence-corrected chi connectivity index (χ3v) is 5.05. The Balaban J connectivity index is 2.19. The normalized spacial score (nSPS) is 16.0. The number of benzene rings is 1. The van der Waals surface area contributed by atoms with Gasteiger partial charge in [-0.25, -0.2) is 13.2 Å². The van der Waals surface area contributed by atoms with Crippen molar-refractivity contribution < 1.29 is 22.7 Å². The fraction of sp³-hybridized carbons (Fsp3) is 0.429. The average Bonchev–Trinajstić information content (AvgIpc) is 2.49. The molecule has 0 radical (unpaired) electrons. The molecule has 1 aliphatic rings. The Morgan fingerprint density at radius 2 is 1.76 bits per heavy atom.